The molecule has 1 saturated heterocycles. The predicted molar refractivity (Wildman–Crippen MR) is 111 cm³/mol. The number of likely N-dealkylation sites (tertiary alicyclic amines) is 1. The van der Waals surface area contributed by atoms with Crippen LogP contribution in [0.25, 0.3) is 0 Å². The SMILES string of the molecule is O=C(O)C1CCCN1C(c1ccc(OCc2ccccc2)cc1)c1cccs1. The van der Waals surface area contributed by atoms with Crippen molar-refractivity contribution in [1.82, 2.24) is 4.90 Å². The zero-order valence-electron chi connectivity index (χ0n) is 15.5. The standard InChI is InChI=1S/C23H23NO3S/c25-23(26)20-8-4-14-24(20)22(21-9-5-15-28-21)18-10-12-19(13-11-18)27-16-17-6-2-1-3-7-17/h1-3,5-7,9-13,15,20,22H,4,8,14,16H2,(H,25,26). The number of carboxylic acid groups (broad SMARTS) is 1. The van der Waals surface area contributed by atoms with E-state index in [9.17, 15) is 9.90 Å². The van der Waals surface area contributed by atoms with Crippen LogP contribution < -0.4 is 4.74 Å². The van der Waals surface area contributed by atoms with E-state index in [1.165, 1.54) is 4.88 Å². The fourth-order valence-corrected chi connectivity index (χ4v) is 4.69. The number of rotatable bonds is 7. The van der Waals surface area contributed by atoms with Crippen molar-refractivity contribution in [3.8, 4) is 5.75 Å². The van der Waals surface area contributed by atoms with Crippen LogP contribution in [0.5, 0.6) is 5.75 Å². The van der Waals surface area contributed by atoms with Crippen LogP contribution in [-0.4, -0.2) is 28.6 Å². The Bertz CT molecular complexity index is 893. The Labute approximate surface area is 169 Å². The number of ether oxygens (including phenoxy) is 1. The first kappa shape index (κ1) is 18.7. The summed E-state index contributed by atoms with van der Waals surface area (Å²) in [5, 5.41) is 11.7. The summed E-state index contributed by atoms with van der Waals surface area (Å²) in [5.41, 5.74) is 2.23. The van der Waals surface area contributed by atoms with Gasteiger partial charge in [-0.05, 0) is 47.5 Å². The van der Waals surface area contributed by atoms with E-state index in [1.54, 1.807) is 11.3 Å². The highest BCUT2D eigenvalue weighted by molar-refractivity contribution is 7.10. The van der Waals surface area contributed by atoms with Crippen LogP contribution in [0.3, 0.4) is 0 Å². The smallest absolute Gasteiger partial charge is 0.320 e. The van der Waals surface area contributed by atoms with Gasteiger partial charge in [-0.25, -0.2) is 0 Å². The van der Waals surface area contributed by atoms with E-state index in [0.717, 1.165) is 29.8 Å². The molecule has 3 aromatic rings. The number of benzene rings is 2. The van der Waals surface area contributed by atoms with Crippen molar-refractivity contribution in [2.75, 3.05) is 6.54 Å². The average molecular weight is 394 g/mol. The molecule has 1 aromatic heterocycles. The molecule has 2 atom stereocenters. The summed E-state index contributed by atoms with van der Waals surface area (Å²) in [4.78, 5) is 15.0. The van der Waals surface area contributed by atoms with Gasteiger partial charge in [-0.3, -0.25) is 9.69 Å². The molecular formula is C23H23NO3S. The largest absolute Gasteiger partial charge is 0.489 e. The third kappa shape index (κ3) is 4.11. The maximum Gasteiger partial charge on any atom is 0.320 e. The van der Waals surface area contributed by atoms with E-state index in [0.29, 0.717) is 13.0 Å². The highest BCUT2D eigenvalue weighted by atomic mass is 32.1. The van der Waals surface area contributed by atoms with Gasteiger partial charge in [-0.15, -0.1) is 11.3 Å². The fourth-order valence-electron chi connectivity index (χ4n) is 3.82. The van der Waals surface area contributed by atoms with Crippen molar-refractivity contribution in [1.29, 1.82) is 0 Å². The lowest BCUT2D eigenvalue weighted by atomic mass is 10.0. The average Bonchev–Trinajstić information content (AvgIpc) is 3.41. The van der Waals surface area contributed by atoms with Crippen LogP contribution in [0.4, 0.5) is 0 Å². The van der Waals surface area contributed by atoms with Crippen LogP contribution in [0.2, 0.25) is 0 Å². The van der Waals surface area contributed by atoms with Crippen molar-refractivity contribution in [3.05, 3.63) is 88.1 Å². The summed E-state index contributed by atoms with van der Waals surface area (Å²) in [5.74, 6) is 0.0793. The number of hydrogen-bond acceptors (Lipinski definition) is 4. The Hall–Kier alpha value is -2.63. The van der Waals surface area contributed by atoms with Gasteiger partial charge in [0.25, 0.3) is 0 Å². The van der Waals surface area contributed by atoms with E-state index in [4.69, 9.17) is 4.74 Å². The van der Waals surface area contributed by atoms with Crippen LogP contribution in [0.1, 0.15) is 34.9 Å². The topological polar surface area (TPSA) is 49.8 Å². The molecule has 28 heavy (non-hydrogen) atoms. The minimum Gasteiger partial charge on any atom is -0.489 e. The Morgan fingerprint density at radius 3 is 2.57 bits per heavy atom. The van der Waals surface area contributed by atoms with E-state index >= 15 is 0 Å². The van der Waals surface area contributed by atoms with Gasteiger partial charge in [-0.2, -0.15) is 0 Å². The van der Waals surface area contributed by atoms with Crippen molar-refractivity contribution in [3.63, 3.8) is 0 Å². The minimum absolute atomic E-state index is 0.0354. The molecule has 1 N–H and O–H groups in total. The van der Waals surface area contributed by atoms with Crippen molar-refractivity contribution < 1.29 is 14.6 Å². The summed E-state index contributed by atoms with van der Waals surface area (Å²) in [6.07, 6.45) is 1.62. The van der Waals surface area contributed by atoms with Gasteiger partial charge in [0.2, 0.25) is 0 Å². The maximum atomic E-state index is 11.7. The quantitative estimate of drug-likeness (QED) is 0.616. The molecule has 0 saturated carbocycles. The van der Waals surface area contributed by atoms with Crippen LogP contribution in [-0.2, 0) is 11.4 Å². The summed E-state index contributed by atoms with van der Waals surface area (Å²) in [6.45, 7) is 1.33. The molecular weight excluding hydrogens is 370 g/mol. The first-order valence-electron chi connectivity index (χ1n) is 9.51. The molecule has 144 valence electrons. The first-order chi connectivity index (χ1) is 13.7. The van der Waals surface area contributed by atoms with Gasteiger partial charge in [0.15, 0.2) is 0 Å². The van der Waals surface area contributed by atoms with Crippen LogP contribution in [0.15, 0.2) is 72.1 Å². The highest BCUT2D eigenvalue weighted by Crippen LogP contribution is 2.37. The molecule has 1 aliphatic heterocycles. The molecule has 0 bridgehead atoms. The molecule has 0 amide bonds. The lowest BCUT2D eigenvalue weighted by Crippen LogP contribution is -2.38. The van der Waals surface area contributed by atoms with Gasteiger partial charge in [0, 0.05) is 11.4 Å². The molecule has 0 spiro atoms. The minimum atomic E-state index is -0.734. The Kier molecular flexibility index (Phi) is 5.74. The molecule has 2 aromatic carbocycles. The lowest BCUT2D eigenvalue weighted by molar-refractivity contribution is -0.142. The third-order valence-electron chi connectivity index (χ3n) is 5.17. The zero-order chi connectivity index (χ0) is 19.3. The van der Waals surface area contributed by atoms with E-state index in [1.807, 2.05) is 53.9 Å². The number of carboxylic acids is 1. The number of hydrogen-bond donors (Lipinski definition) is 1. The molecule has 1 aliphatic rings. The van der Waals surface area contributed by atoms with Gasteiger partial charge in [-0.1, -0.05) is 48.5 Å². The van der Waals surface area contributed by atoms with E-state index < -0.39 is 12.0 Å². The first-order valence-corrected chi connectivity index (χ1v) is 10.4. The summed E-state index contributed by atoms with van der Waals surface area (Å²) < 4.78 is 5.90. The van der Waals surface area contributed by atoms with Crippen LogP contribution >= 0.6 is 11.3 Å². The van der Waals surface area contributed by atoms with Gasteiger partial charge in [0.1, 0.15) is 18.4 Å². The summed E-state index contributed by atoms with van der Waals surface area (Å²) in [7, 11) is 0. The second kappa shape index (κ2) is 8.59. The third-order valence-corrected chi connectivity index (χ3v) is 6.09. The summed E-state index contributed by atoms with van der Waals surface area (Å²) in [6, 6.07) is 21.8. The number of aliphatic carboxylic acids is 1. The fraction of sp³-hybridized carbons (Fsp3) is 0.261. The normalized spacial score (nSPS) is 18.1. The molecule has 5 heteroatoms. The lowest BCUT2D eigenvalue weighted by Gasteiger charge is -2.31. The Balaban J connectivity index is 1.54. The maximum absolute atomic E-state index is 11.7. The molecule has 0 radical (unpaired) electrons. The Morgan fingerprint density at radius 1 is 1.11 bits per heavy atom. The zero-order valence-corrected chi connectivity index (χ0v) is 16.3. The number of carbonyl (C=O) groups is 1. The van der Waals surface area contributed by atoms with Gasteiger partial charge >= 0.3 is 5.97 Å². The number of thiophene rings is 1. The predicted octanol–water partition coefficient (Wildman–Crippen LogP) is 4.97. The van der Waals surface area contributed by atoms with Crippen molar-refractivity contribution in [2.45, 2.75) is 31.5 Å². The monoisotopic (exact) mass is 393 g/mol. The van der Waals surface area contributed by atoms with Crippen LogP contribution in [0, 0.1) is 0 Å². The van der Waals surface area contributed by atoms with E-state index in [-0.39, 0.29) is 6.04 Å². The molecule has 4 nitrogen and oxygen atoms in total. The van der Waals surface area contributed by atoms with Crippen molar-refractivity contribution >= 4 is 17.3 Å². The van der Waals surface area contributed by atoms with E-state index in [2.05, 4.69) is 23.1 Å². The second-order valence-electron chi connectivity index (χ2n) is 7.00. The molecule has 4 rings (SSSR count). The van der Waals surface area contributed by atoms with Crippen molar-refractivity contribution in [2.24, 2.45) is 0 Å². The molecule has 1 fully saturated rings. The number of nitrogens with zero attached hydrogens (tertiary/aromatic N) is 1. The highest BCUT2D eigenvalue weighted by Gasteiger charge is 2.37. The molecule has 2 heterocycles. The van der Waals surface area contributed by atoms with Gasteiger partial charge < -0.3 is 9.84 Å². The molecule has 2 unspecified atom stereocenters. The summed E-state index contributed by atoms with van der Waals surface area (Å²) >= 11 is 1.67. The van der Waals surface area contributed by atoms with Gasteiger partial charge in [0.05, 0.1) is 6.04 Å². The second-order valence-corrected chi connectivity index (χ2v) is 7.97. The Morgan fingerprint density at radius 2 is 1.89 bits per heavy atom. The molecule has 0 aliphatic carbocycles.